The van der Waals surface area contributed by atoms with Gasteiger partial charge >= 0.3 is 0 Å². The summed E-state index contributed by atoms with van der Waals surface area (Å²) in [6.07, 6.45) is 2.55. The van der Waals surface area contributed by atoms with Gasteiger partial charge in [0.1, 0.15) is 22.5 Å². The number of thiazole rings is 1. The highest BCUT2D eigenvalue weighted by atomic mass is 35.5. The number of fused-ring (bicyclic) bond motifs is 2. The first kappa shape index (κ1) is 28.9. The second-order valence-electron chi connectivity index (χ2n) is 9.87. The highest BCUT2D eigenvalue weighted by molar-refractivity contribution is 7.92. The van der Waals surface area contributed by atoms with Gasteiger partial charge in [-0.05, 0) is 42.3 Å². The molecule has 3 aromatic carbocycles. The third-order valence-electron chi connectivity index (χ3n) is 6.74. The summed E-state index contributed by atoms with van der Waals surface area (Å²) in [4.78, 5) is 23.7. The summed E-state index contributed by atoms with van der Waals surface area (Å²) in [6, 6.07) is 10.4. The first-order chi connectivity index (χ1) is 20.4. The molecule has 0 saturated heterocycles. The molecular weight excluding hydrogens is 620 g/mol. The van der Waals surface area contributed by atoms with Crippen LogP contribution in [0.15, 0.2) is 64.9 Å². The molecule has 1 atom stereocenters. The van der Waals surface area contributed by atoms with E-state index in [-0.39, 0.29) is 45.1 Å². The Morgan fingerprint density at radius 2 is 1.86 bits per heavy atom. The fourth-order valence-corrected chi connectivity index (χ4v) is 6.53. The lowest BCUT2D eigenvalue weighted by Crippen LogP contribution is -2.30. The smallest absolute Gasteiger partial charge is 0.266 e. The Labute approximate surface area is 252 Å². The standard InChI is InChI=1S/C28H22ClF2N7O3S2/c1-37-24-21(7-6-18(29)23(24)25(35-37)36-43(2,40)41)38-26(19(32)12-14-10-15(30)13-16(31)11-14)34-20-5-3-4-17(22(20)28(38)39)27-33-8-9-42-27/h3-11,13,19H,12,32H2,1-2H3,(H,35,36). The summed E-state index contributed by atoms with van der Waals surface area (Å²) >= 11 is 7.89. The van der Waals surface area contributed by atoms with E-state index >= 15 is 0 Å². The van der Waals surface area contributed by atoms with Crippen molar-refractivity contribution in [1.29, 1.82) is 0 Å². The first-order valence-electron chi connectivity index (χ1n) is 12.7. The number of nitrogens with one attached hydrogen (secondary N) is 1. The maximum absolute atomic E-state index is 14.6. The maximum atomic E-state index is 14.6. The Kier molecular flexibility index (Phi) is 7.24. The molecule has 15 heteroatoms. The molecular formula is C28H22ClF2N7O3S2. The quantitative estimate of drug-likeness (QED) is 0.252. The third-order valence-corrected chi connectivity index (χ3v) is 8.42. The van der Waals surface area contributed by atoms with Gasteiger partial charge in [0.2, 0.25) is 10.0 Å². The van der Waals surface area contributed by atoms with Crippen molar-refractivity contribution < 1.29 is 17.2 Å². The molecule has 0 bridgehead atoms. The molecule has 1 unspecified atom stereocenters. The SMILES string of the molecule is Cn1nc(NS(C)(=O)=O)c2c(Cl)ccc(-n3c(C(N)Cc4cc(F)cc(F)c4)nc4cccc(-c5nccs5)c4c3=O)c21. The number of aryl methyl sites for hydroxylation is 1. The van der Waals surface area contributed by atoms with Crippen LogP contribution in [0, 0.1) is 11.6 Å². The summed E-state index contributed by atoms with van der Waals surface area (Å²) in [5.41, 5.74) is 7.90. The van der Waals surface area contributed by atoms with Gasteiger partial charge in [-0.15, -0.1) is 11.3 Å². The molecule has 0 amide bonds. The zero-order chi connectivity index (χ0) is 30.6. The number of benzene rings is 3. The highest BCUT2D eigenvalue weighted by Crippen LogP contribution is 2.36. The van der Waals surface area contributed by atoms with E-state index < -0.39 is 33.3 Å². The Morgan fingerprint density at radius 1 is 1.12 bits per heavy atom. The van der Waals surface area contributed by atoms with Gasteiger partial charge in [-0.1, -0.05) is 23.7 Å². The van der Waals surface area contributed by atoms with Crippen LogP contribution in [0.2, 0.25) is 5.02 Å². The maximum Gasteiger partial charge on any atom is 0.266 e. The number of hydrogen-bond acceptors (Lipinski definition) is 8. The van der Waals surface area contributed by atoms with Gasteiger partial charge in [0.25, 0.3) is 5.56 Å². The average molecular weight is 642 g/mol. The van der Waals surface area contributed by atoms with E-state index in [0.717, 1.165) is 24.5 Å². The first-order valence-corrected chi connectivity index (χ1v) is 15.9. The van der Waals surface area contributed by atoms with Crippen molar-refractivity contribution >= 4 is 60.6 Å². The van der Waals surface area contributed by atoms with Crippen LogP contribution < -0.4 is 16.0 Å². The molecule has 43 heavy (non-hydrogen) atoms. The van der Waals surface area contributed by atoms with E-state index in [1.54, 1.807) is 42.9 Å². The fourth-order valence-electron chi connectivity index (χ4n) is 5.12. The van der Waals surface area contributed by atoms with Crippen LogP contribution in [0.1, 0.15) is 17.4 Å². The summed E-state index contributed by atoms with van der Waals surface area (Å²) in [7, 11) is -2.16. The number of nitrogens with two attached hydrogens (primary N) is 1. The lowest BCUT2D eigenvalue weighted by atomic mass is 10.0. The molecule has 10 nitrogen and oxygen atoms in total. The number of hydrogen-bond donors (Lipinski definition) is 2. The van der Waals surface area contributed by atoms with Gasteiger partial charge in [0, 0.05) is 30.3 Å². The van der Waals surface area contributed by atoms with E-state index in [4.69, 9.17) is 22.3 Å². The van der Waals surface area contributed by atoms with Crippen LogP contribution in [0.4, 0.5) is 14.6 Å². The van der Waals surface area contributed by atoms with E-state index in [1.165, 1.54) is 26.7 Å². The van der Waals surface area contributed by atoms with Crippen molar-refractivity contribution in [3.63, 3.8) is 0 Å². The lowest BCUT2D eigenvalue weighted by Gasteiger charge is -2.20. The van der Waals surface area contributed by atoms with Crippen molar-refractivity contribution in [2.45, 2.75) is 12.5 Å². The fraction of sp³-hybridized carbons (Fsp3) is 0.143. The van der Waals surface area contributed by atoms with E-state index in [1.807, 2.05) is 0 Å². The van der Waals surface area contributed by atoms with Gasteiger partial charge in [0.15, 0.2) is 5.82 Å². The number of sulfonamides is 1. The molecule has 6 aromatic rings. The predicted octanol–water partition coefficient (Wildman–Crippen LogP) is 4.94. The van der Waals surface area contributed by atoms with Crippen LogP contribution in [-0.4, -0.2) is 39.0 Å². The van der Waals surface area contributed by atoms with Crippen molar-refractivity contribution in [2.75, 3.05) is 11.0 Å². The predicted molar refractivity (Wildman–Crippen MR) is 163 cm³/mol. The molecule has 0 spiro atoms. The normalized spacial score (nSPS) is 12.7. The minimum absolute atomic E-state index is 0.0294. The Balaban J connectivity index is 1.68. The van der Waals surface area contributed by atoms with Crippen LogP contribution in [0.25, 0.3) is 38.1 Å². The second-order valence-corrected chi connectivity index (χ2v) is 12.9. The monoisotopic (exact) mass is 641 g/mol. The van der Waals surface area contributed by atoms with Crippen molar-refractivity contribution in [3.8, 4) is 16.3 Å². The number of halogens is 3. The summed E-state index contributed by atoms with van der Waals surface area (Å²) in [6.45, 7) is 0. The van der Waals surface area contributed by atoms with E-state index in [2.05, 4.69) is 14.8 Å². The highest BCUT2D eigenvalue weighted by Gasteiger charge is 2.26. The number of nitrogens with zero attached hydrogens (tertiary/aromatic N) is 5. The Bertz CT molecular complexity index is 2200. The van der Waals surface area contributed by atoms with Crippen LogP contribution in [0.3, 0.4) is 0 Å². The summed E-state index contributed by atoms with van der Waals surface area (Å²) in [5.74, 6) is -1.46. The third kappa shape index (κ3) is 5.38. The molecule has 3 N–H and O–H groups in total. The summed E-state index contributed by atoms with van der Waals surface area (Å²) in [5, 5.41) is 7.41. The minimum Gasteiger partial charge on any atom is -0.321 e. The van der Waals surface area contributed by atoms with Gasteiger partial charge < -0.3 is 5.73 Å². The van der Waals surface area contributed by atoms with Crippen molar-refractivity contribution in [1.82, 2.24) is 24.3 Å². The van der Waals surface area contributed by atoms with E-state index in [9.17, 15) is 22.0 Å². The molecule has 6 rings (SSSR count). The molecule has 0 aliphatic heterocycles. The van der Waals surface area contributed by atoms with Crippen LogP contribution in [-0.2, 0) is 23.5 Å². The minimum atomic E-state index is -3.73. The molecule has 220 valence electrons. The molecule has 3 aromatic heterocycles. The number of rotatable bonds is 7. The van der Waals surface area contributed by atoms with Gasteiger partial charge in [0.05, 0.1) is 44.8 Å². The summed E-state index contributed by atoms with van der Waals surface area (Å²) < 4.78 is 57.3. The Hall–Kier alpha value is -4.24. The molecule has 3 heterocycles. The second kappa shape index (κ2) is 10.8. The van der Waals surface area contributed by atoms with Gasteiger partial charge in [-0.2, -0.15) is 5.10 Å². The van der Waals surface area contributed by atoms with Crippen molar-refractivity contribution in [3.05, 3.63) is 98.5 Å². The van der Waals surface area contributed by atoms with Crippen molar-refractivity contribution in [2.24, 2.45) is 12.8 Å². The molecule has 0 aliphatic carbocycles. The van der Waals surface area contributed by atoms with Gasteiger partial charge in [-0.25, -0.2) is 27.2 Å². The zero-order valence-corrected chi connectivity index (χ0v) is 24.9. The van der Waals surface area contributed by atoms with Crippen LogP contribution >= 0.6 is 22.9 Å². The molecule has 0 saturated carbocycles. The average Bonchev–Trinajstić information content (AvgIpc) is 3.56. The molecule has 0 fully saturated rings. The number of anilines is 1. The van der Waals surface area contributed by atoms with Gasteiger partial charge in [-0.3, -0.25) is 18.8 Å². The lowest BCUT2D eigenvalue weighted by molar-refractivity contribution is 0.572. The largest absolute Gasteiger partial charge is 0.321 e. The Morgan fingerprint density at radius 3 is 2.53 bits per heavy atom. The van der Waals surface area contributed by atoms with E-state index in [0.29, 0.717) is 21.6 Å². The zero-order valence-electron chi connectivity index (χ0n) is 22.5. The molecule has 0 radical (unpaired) electrons. The molecule has 0 aliphatic rings. The number of aromatic nitrogens is 5. The van der Waals surface area contributed by atoms with Crippen LogP contribution in [0.5, 0.6) is 0 Å². The topological polar surface area (TPSA) is 138 Å².